The van der Waals surface area contributed by atoms with Crippen LogP contribution in [0.3, 0.4) is 0 Å². The topological polar surface area (TPSA) is 53.1 Å². The third-order valence-electron chi connectivity index (χ3n) is 1.99. The summed E-state index contributed by atoms with van der Waals surface area (Å²) >= 11 is 3.49. The highest BCUT2D eigenvalue weighted by Gasteiger charge is 2.06. The molecule has 1 aromatic rings. The highest BCUT2D eigenvalue weighted by molar-refractivity contribution is 9.10. The Labute approximate surface area is 105 Å². The Kier molecular flexibility index (Phi) is 5.48. The van der Waals surface area contributed by atoms with Gasteiger partial charge in [-0.05, 0) is 36.9 Å². The van der Waals surface area contributed by atoms with Gasteiger partial charge < -0.3 is 15.5 Å². The Morgan fingerprint density at radius 1 is 1.25 bits per heavy atom. The molecule has 2 N–H and O–H groups in total. The second-order valence-electron chi connectivity index (χ2n) is 3.65. The lowest BCUT2D eigenvalue weighted by atomic mass is 10.5. The van der Waals surface area contributed by atoms with E-state index < -0.39 is 0 Å². The van der Waals surface area contributed by atoms with Gasteiger partial charge in [0, 0.05) is 19.6 Å². The molecule has 0 atom stereocenters. The summed E-state index contributed by atoms with van der Waals surface area (Å²) in [7, 11) is 4.08. The van der Waals surface area contributed by atoms with Gasteiger partial charge in [-0.1, -0.05) is 0 Å². The molecule has 0 unspecified atom stereocenters. The number of hydrogen-bond donors (Lipinski definition) is 2. The zero-order valence-electron chi connectivity index (χ0n) is 9.92. The molecule has 0 radical (unpaired) electrons. The second-order valence-corrected chi connectivity index (χ2v) is 4.44. The summed E-state index contributed by atoms with van der Waals surface area (Å²) in [6.07, 6.45) is 1.56. The summed E-state index contributed by atoms with van der Waals surface area (Å²) in [5.41, 5.74) is 0. The zero-order valence-corrected chi connectivity index (χ0v) is 11.5. The second kappa shape index (κ2) is 6.65. The standard InChI is InChI=1S/C10H18BrN5/c1-4-12-9-8(11)10(15-7-14-9)13-5-6-16(2)3/h7H,4-6H2,1-3H3,(H2,12,13,14,15). The average Bonchev–Trinajstić information content (AvgIpc) is 2.23. The number of aromatic nitrogens is 2. The van der Waals surface area contributed by atoms with Crippen molar-refractivity contribution in [1.29, 1.82) is 0 Å². The van der Waals surface area contributed by atoms with Crippen molar-refractivity contribution in [2.75, 3.05) is 44.4 Å². The molecule has 0 aromatic carbocycles. The summed E-state index contributed by atoms with van der Waals surface area (Å²) in [4.78, 5) is 10.5. The molecule has 5 nitrogen and oxygen atoms in total. The van der Waals surface area contributed by atoms with Crippen LogP contribution in [0, 0.1) is 0 Å². The number of halogens is 1. The van der Waals surface area contributed by atoms with Gasteiger partial charge in [-0.3, -0.25) is 0 Å². The molecule has 16 heavy (non-hydrogen) atoms. The molecule has 0 saturated carbocycles. The molecule has 0 aliphatic carbocycles. The van der Waals surface area contributed by atoms with E-state index in [2.05, 4.69) is 41.4 Å². The smallest absolute Gasteiger partial charge is 0.145 e. The van der Waals surface area contributed by atoms with Gasteiger partial charge in [-0.2, -0.15) is 0 Å². The Hall–Kier alpha value is -0.880. The van der Waals surface area contributed by atoms with Gasteiger partial charge >= 0.3 is 0 Å². The molecule has 0 saturated heterocycles. The van der Waals surface area contributed by atoms with Crippen molar-refractivity contribution < 1.29 is 0 Å². The lowest BCUT2D eigenvalue weighted by Crippen LogP contribution is -2.21. The molecule has 0 aliphatic heterocycles. The van der Waals surface area contributed by atoms with Crippen LogP contribution in [-0.4, -0.2) is 48.6 Å². The molecule has 0 fully saturated rings. The molecule has 6 heteroatoms. The van der Waals surface area contributed by atoms with Gasteiger partial charge in [-0.15, -0.1) is 0 Å². The number of hydrogen-bond acceptors (Lipinski definition) is 5. The van der Waals surface area contributed by atoms with Crippen LogP contribution < -0.4 is 10.6 Å². The fourth-order valence-corrected chi connectivity index (χ4v) is 1.67. The predicted molar refractivity (Wildman–Crippen MR) is 70.9 cm³/mol. The summed E-state index contributed by atoms with van der Waals surface area (Å²) < 4.78 is 0.885. The molecule has 1 aromatic heterocycles. The number of likely N-dealkylation sites (N-methyl/N-ethyl adjacent to an activating group) is 1. The van der Waals surface area contributed by atoms with Crippen LogP contribution in [0.1, 0.15) is 6.92 Å². The van der Waals surface area contributed by atoms with E-state index in [0.29, 0.717) is 0 Å². The Morgan fingerprint density at radius 3 is 2.44 bits per heavy atom. The minimum absolute atomic E-state index is 0.824. The summed E-state index contributed by atoms with van der Waals surface area (Å²) in [5, 5.41) is 6.43. The average molecular weight is 288 g/mol. The molecule has 0 spiro atoms. The normalized spacial score (nSPS) is 10.6. The lowest BCUT2D eigenvalue weighted by Gasteiger charge is -2.13. The van der Waals surface area contributed by atoms with E-state index >= 15 is 0 Å². The van der Waals surface area contributed by atoms with E-state index in [9.17, 15) is 0 Å². The molecule has 1 heterocycles. The first-order chi connectivity index (χ1) is 7.65. The van der Waals surface area contributed by atoms with Crippen molar-refractivity contribution in [3.05, 3.63) is 10.8 Å². The molecule has 1 rings (SSSR count). The minimum atomic E-state index is 0.824. The third-order valence-corrected chi connectivity index (χ3v) is 2.74. The Balaban J connectivity index is 2.62. The first-order valence-electron chi connectivity index (χ1n) is 5.28. The monoisotopic (exact) mass is 287 g/mol. The quantitative estimate of drug-likeness (QED) is 0.833. The van der Waals surface area contributed by atoms with Crippen molar-refractivity contribution in [2.24, 2.45) is 0 Å². The SMILES string of the molecule is CCNc1ncnc(NCCN(C)C)c1Br. The van der Waals surface area contributed by atoms with Crippen molar-refractivity contribution in [2.45, 2.75) is 6.92 Å². The third kappa shape index (κ3) is 3.94. The first kappa shape index (κ1) is 13.2. The van der Waals surface area contributed by atoms with Crippen LogP contribution in [0.4, 0.5) is 11.6 Å². The summed E-state index contributed by atoms with van der Waals surface area (Å²) in [6.45, 7) is 4.70. The van der Waals surface area contributed by atoms with E-state index in [1.807, 2.05) is 21.0 Å². The minimum Gasteiger partial charge on any atom is -0.369 e. The summed E-state index contributed by atoms with van der Waals surface area (Å²) in [6, 6.07) is 0. The highest BCUT2D eigenvalue weighted by atomic mass is 79.9. The van der Waals surface area contributed by atoms with Crippen molar-refractivity contribution in [3.63, 3.8) is 0 Å². The maximum atomic E-state index is 4.19. The fraction of sp³-hybridized carbons (Fsp3) is 0.600. The van der Waals surface area contributed by atoms with E-state index in [-0.39, 0.29) is 0 Å². The number of nitrogens with zero attached hydrogens (tertiary/aromatic N) is 3. The van der Waals surface area contributed by atoms with E-state index in [1.54, 1.807) is 6.33 Å². The van der Waals surface area contributed by atoms with Crippen LogP contribution in [0.5, 0.6) is 0 Å². The van der Waals surface area contributed by atoms with Gasteiger partial charge in [0.25, 0.3) is 0 Å². The number of nitrogens with one attached hydrogen (secondary N) is 2. The maximum Gasteiger partial charge on any atom is 0.145 e. The molecule has 0 bridgehead atoms. The fourth-order valence-electron chi connectivity index (χ4n) is 1.18. The zero-order chi connectivity index (χ0) is 12.0. The van der Waals surface area contributed by atoms with Crippen LogP contribution in [0.15, 0.2) is 10.8 Å². The predicted octanol–water partition coefficient (Wildman–Crippen LogP) is 1.64. The van der Waals surface area contributed by atoms with Gasteiger partial charge in [0.2, 0.25) is 0 Å². The lowest BCUT2D eigenvalue weighted by molar-refractivity contribution is 0.425. The van der Waals surface area contributed by atoms with Gasteiger partial charge in [0.15, 0.2) is 0 Å². The highest BCUT2D eigenvalue weighted by Crippen LogP contribution is 2.25. The van der Waals surface area contributed by atoms with Crippen LogP contribution in [0.2, 0.25) is 0 Å². The Morgan fingerprint density at radius 2 is 1.88 bits per heavy atom. The van der Waals surface area contributed by atoms with Crippen molar-refractivity contribution in [3.8, 4) is 0 Å². The number of anilines is 2. The molecule has 90 valence electrons. The molecular formula is C10H18BrN5. The largest absolute Gasteiger partial charge is 0.369 e. The van der Waals surface area contributed by atoms with Crippen LogP contribution >= 0.6 is 15.9 Å². The maximum absolute atomic E-state index is 4.19. The van der Waals surface area contributed by atoms with Crippen molar-refractivity contribution in [1.82, 2.24) is 14.9 Å². The number of rotatable bonds is 6. The van der Waals surface area contributed by atoms with Gasteiger partial charge in [0.1, 0.15) is 22.4 Å². The van der Waals surface area contributed by atoms with Gasteiger partial charge in [0.05, 0.1) is 0 Å². The van der Waals surface area contributed by atoms with Crippen molar-refractivity contribution >= 4 is 27.6 Å². The van der Waals surface area contributed by atoms with Crippen LogP contribution in [-0.2, 0) is 0 Å². The van der Waals surface area contributed by atoms with Crippen LogP contribution in [0.25, 0.3) is 0 Å². The molecule has 0 aliphatic rings. The Bertz CT molecular complexity index is 329. The first-order valence-corrected chi connectivity index (χ1v) is 6.07. The molecule has 0 amide bonds. The molecular weight excluding hydrogens is 270 g/mol. The van der Waals surface area contributed by atoms with E-state index in [0.717, 1.165) is 35.7 Å². The van der Waals surface area contributed by atoms with E-state index in [4.69, 9.17) is 0 Å². The van der Waals surface area contributed by atoms with Gasteiger partial charge in [-0.25, -0.2) is 9.97 Å². The van der Waals surface area contributed by atoms with E-state index in [1.165, 1.54) is 0 Å². The summed E-state index contributed by atoms with van der Waals surface area (Å²) in [5.74, 6) is 1.65.